The van der Waals surface area contributed by atoms with Crippen molar-refractivity contribution in [1.82, 2.24) is 0 Å². The molecule has 1 heterocycles. The molecule has 148 valence electrons. The molecule has 0 amide bonds. The monoisotopic (exact) mass is 373 g/mol. The van der Waals surface area contributed by atoms with Gasteiger partial charge in [-0.15, -0.1) is 0 Å². The number of esters is 1. The molecule has 1 aliphatic heterocycles. The molecular formula is C22H31NO4. The van der Waals surface area contributed by atoms with E-state index in [2.05, 4.69) is 6.08 Å². The molecule has 1 aromatic rings. The zero-order valence-corrected chi connectivity index (χ0v) is 16.3. The van der Waals surface area contributed by atoms with Crippen molar-refractivity contribution in [2.75, 3.05) is 7.11 Å². The Morgan fingerprint density at radius 2 is 2.04 bits per heavy atom. The maximum Gasteiger partial charge on any atom is 0.308 e. The van der Waals surface area contributed by atoms with Gasteiger partial charge in [0.25, 0.3) is 0 Å². The number of aliphatic hydroxyl groups excluding tert-OH is 1. The average Bonchev–Trinajstić information content (AvgIpc) is 3.48. The second-order valence-corrected chi connectivity index (χ2v) is 7.92. The van der Waals surface area contributed by atoms with Gasteiger partial charge in [-0.1, -0.05) is 50.5 Å². The number of hydrogen-bond acceptors (Lipinski definition) is 5. The lowest BCUT2D eigenvalue weighted by Crippen LogP contribution is -2.33. The van der Waals surface area contributed by atoms with Gasteiger partial charge in [-0.3, -0.25) is 4.79 Å². The molecule has 4 rings (SSSR count). The standard InChI is InChI=1S/C19H25NO4.C3H6/c1-11(19(22)23-2)7-12-3-6-15-16(21)10-17(24-18(15)8-12)13-4-5-14(20)9-13;1-2-3-1/h3-6,8,11,13-14,16-17,21H,7,9-10,20H2,1-2H3;1-3H2. The second-order valence-electron chi connectivity index (χ2n) is 7.92. The summed E-state index contributed by atoms with van der Waals surface area (Å²) in [5, 5.41) is 10.4. The molecule has 5 atom stereocenters. The van der Waals surface area contributed by atoms with Crippen LogP contribution in [0.5, 0.6) is 5.75 Å². The third-order valence-electron chi connectivity index (χ3n) is 5.30. The SMILES string of the molecule is C1CC1.COC(=O)C(C)Cc1ccc2c(c1)OC(C1C=CC(N)C1)CC2O. The Hall–Kier alpha value is -1.85. The van der Waals surface area contributed by atoms with Gasteiger partial charge in [0.1, 0.15) is 11.9 Å². The fourth-order valence-electron chi connectivity index (χ4n) is 3.57. The van der Waals surface area contributed by atoms with Crippen molar-refractivity contribution in [1.29, 1.82) is 0 Å². The number of fused-ring (bicyclic) bond motifs is 1. The molecule has 3 aliphatic rings. The van der Waals surface area contributed by atoms with Crippen LogP contribution >= 0.6 is 0 Å². The first-order valence-electron chi connectivity index (χ1n) is 9.97. The van der Waals surface area contributed by atoms with Crippen molar-refractivity contribution in [3.8, 4) is 5.75 Å². The molecule has 1 fully saturated rings. The zero-order chi connectivity index (χ0) is 19.4. The van der Waals surface area contributed by atoms with Crippen molar-refractivity contribution >= 4 is 5.97 Å². The summed E-state index contributed by atoms with van der Waals surface area (Å²) < 4.78 is 10.9. The van der Waals surface area contributed by atoms with E-state index in [0.717, 1.165) is 17.5 Å². The Kier molecular flexibility index (Phi) is 6.55. The third kappa shape index (κ3) is 5.33. The van der Waals surface area contributed by atoms with Crippen LogP contribution in [0.3, 0.4) is 0 Å². The van der Waals surface area contributed by atoms with Crippen LogP contribution in [0.25, 0.3) is 0 Å². The summed E-state index contributed by atoms with van der Waals surface area (Å²) in [7, 11) is 1.40. The summed E-state index contributed by atoms with van der Waals surface area (Å²) >= 11 is 0. The molecular weight excluding hydrogens is 342 g/mol. The van der Waals surface area contributed by atoms with Gasteiger partial charge in [-0.2, -0.15) is 0 Å². The van der Waals surface area contributed by atoms with Crippen LogP contribution < -0.4 is 10.5 Å². The predicted octanol–water partition coefficient (Wildman–Crippen LogP) is 3.30. The first kappa shape index (κ1) is 19.9. The molecule has 0 saturated heterocycles. The minimum absolute atomic E-state index is 0.0643. The number of carbonyl (C=O) groups is 1. The fraction of sp³-hybridized carbons (Fsp3) is 0.591. The Balaban J connectivity index is 0.000000637. The maximum absolute atomic E-state index is 11.6. The minimum Gasteiger partial charge on any atom is -0.489 e. The Labute approximate surface area is 161 Å². The van der Waals surface area contributed by atoms with Gasteiger partial charge >= 0.3 is 5.97 Å². The Morgan fingerprint density at radius 3 is 2.63 bits per heavy atom. The van der Waals surface area contributed by atoms with E-state index in [1.165, 1.54) is 26.4 Å². The molecule has 2 aliphatic carbocycles. The van der Waals surface area contributed by atoms with Gasteiger partial charge in [-0.25, -0.2) is 0 Å². The lowest BCUT2D eigenvalue weighted by Gasteiger charge is -2.33. The number of hydrogen-bond donors (Lipinski definition) is 2. The average molecular weight is 373 g/mol. The summed E-state index contributed by atoms with van der Waals surface area (Å²) in [6.07, 6.45) is 10.0. The molecule has 3 N–H and O–H groups in total. The van der Waals surface area contributed by atoms with Crippen LogP contribution in [-0.2, 0) is 16.0 Å². The molecule has 0 bridgehead atoms. The van der Waals surface area contributed by atoms with Crippen LogP contribution in [0.2, 0.25) is 0 Å². The van der Waals surface area contributed by atoms with E-state index >= 15 is 0 Å². The molecule has 5 unspecified atom stereocenters. The van der Waals surface area contributed by atoms with E-state index in [9.17, 15) is 9.90 Å². The fourth-order valence-corrected chi connectivity index (χ4v) is 3.57. The minimum atomic E-state index is -0.531. The molecule has 27 heavy (non-hydrogen) atoms. The van der Waals surface area contributed by atoms with E-state index in [1.807, 2.05) is 31.2 Å². The van der Waals surface area contributed by atoms with Gasteiger partial charge in [0.05, 0.1) is 19.1 Å². The van der Waals surface area contributed by atoms with Crippen molar-refractivity contribution in [3.05, 3.63) is 41.5 Å². The number of rotatable bonds is 4. The molecule has 0 spiro atoms. The number of aliphatic hydroxyl groups is 1. The van der Waals surface area contributed by atoms with Gasteiger partial charge < -0.3 is 20.3 Å². The normalized spacial score (nSPS) is 29.0. The quantitative estimate of drug-likeness (QED) is 0.625. The summed E-state index contributed by atoms with van der Waals surface area (Å²) in [4.78, 5) is 11.6. The smallest absolute Gasteiger partial charge is 0.308 e. The van der Waals surface area contributed by atoms with Crippen LogP contribution in [-0.4, -0.2) is 30.3 Å². The predicted molar refractivity (Wildman–Crippen MR) is 104 cm³/mol. The molecule has 0 aromatic heterocycles. The highest BCUT2D eigenvalue weighted by molar-refractivity contribution is 5.72. The van der Waals surface area contributed by atoms with Crippen LogP contribution in [0.4, 0.5) is 0 Å². The van der Waals surface area contributed by atoms with Gasteiger partial charge in [-0.05, 0) is 24.5 Å². The van der Waals surface area contributed by atoms with Crippen molar-refractivity contribution in [2.24, 2.45) is 17.6 Å². The van der Waals surface area contributed by atoms with Gasteiger partial charge in [0.2, 0.25) is 0 Å². The Bertz CT molecular complexity index is 682. The molecule has 5 heteroatoms. The van der Waals surface area contributed by atoms with E-state index in [4.69, 9.17) is 15.2 Å². The van der Waals surface area contributed by atoms with Crippen LogP contribution in [0, 0.1) is 11.8 Å². The number of nitrogens with two attached hydrogens (primary N) is 1. The highest BCUT2D eigenvalue weighted by Crippen LogP contribution is 2.39. The summed E-state index contributed by atoms with van der Waals surface area (Å²) in [6, 6.07) is 5.84. The summed E-state index contributed by atoms with van der Waals surface area (Å²) in [5.41, 5.74) is 7.74. The first-order valence-corrected chi connectivity index (χ1v) is 9.97. The van der Waals surface area contributed by atoms with Crippen molar-refractivity contribution in [3.63, 3.8) is 0 Å². The van der Waals surface area contributed by atoms with Crippen LogP contribution in [0.1, 0.15) is 56.3 Å². The summed E-state index contributed by atoms with van der Waals surface area (Å²) in [6.45, 7) is 1.84. The maximum atomic E-state index is 11.6. The third-order valence-corrected chi connectivity index (χ3v) is 5.30. The van der Waals surface area contributed by atoms with E-state index in [1.54, 1.807) is 0 Å². The lowest BCUT2D eigenvalue weighted by atomic mass is 9.89. The number of carbonyl (C=O) groups excluding carboxylic acids is 1. The van der Waals surface area contributed by atoms with E-state index in [0.29, 0.717) is 18.6 Å². The van der Waals surface area contributed by atoms with Gasteiger partial charge in [0.15, 0.2) is 0 Å². The molecule has 1 aromatic carbocycles. The summed E-state index contributed by atoms with van der Waals surface area (Å²) in [5.74, 6) is 0.507. The number of methoxy groups -OCH3 is 1. The lowest BCUT2D eigenvalue weighted by molar-refractivity contribution is -0.144. The van der Waals surface area contributed by atoms with Crippen molar-refractivity contribution < 1.29 is 19.4 Å². The molecule has 0 radical (unpaired) electrons. The first-order chi connectivity index (χ1) is 13.0. The topological polar surface area (TPSA) is 81.8 Å². The highest BCUT2D eigenvalue weighted by atomic mass is 16.5. The van der Waals surface area contributed by atoms with Gasteiger partial charge in [0, 0.05) is 23.9 Å². The second kappa shape index (κ2) is 8.89. The van der Waals surface area contributed by atoms with Crippen LogP contribution in [0.15, 0.2) is 30.4 Å². The number of benzene rings is 1. The Morgan fingerprint density at radius 1 is 1.30 bits per heavy atom. The number of ether oxygens (including phenoxy) is 2. The van der Waals surface area contributed by atoms with E-state index < -0.39 is 6.10 Å². The zero-order valence-electron chi connectivity index (χ0n) is 16.3. The van der Waals surface area contributed by atoms with Crippen molar-refractivity contribution in [2.45, 2.75) is 63.7 Å². The highest BCUT2D eigenvalue weighted by Gasteiger charge is 2.34. The van der Waals surface area contributed by atoms with E-state index in [-0.39, 0.29) is 30.0 Å². The molecule has 5 nitrogen and oxygen atoms in total. The molecule has 1 saturated carbocycles. The largest absolute Gasteiger partial charge is 0.489 e.